The Morgan fingerprint density at radius 1 is 1.33 bits per heavy atom. The number of rotatable bonds is 2. The van der Waals surface area contributed by atoms with Crippen molar-refractivity contribution in [1.82, 2.24) is 14.5 Å². The van der Waals surface area contributed by atoms with Crippen LogP contribution in [0.15, 0.2) is 41.6 Å². The van der Waals surface area contributed by atoms with Crippen molar-refractivity contribution < 1.29 is 0 Å². The molecule has 2 aromatic heterocycles. The lowest BCUT2D eigenvalue weighted by Gasteiger charge is -2.04. The Morgan fingerprint density at radius 2 is 2.20 bits per heavy atom. The Labute approximate surface area is 86.2 Å². The Balaban J connectivity index is 2.32. The second-order valence-corrected chi connectivity index (χ2v) is 3.12. The lowest BCUT2D eigenvalue weighted by atomic mass is 10.3. The fourth-order valence-electron chi connectivity index (χ4n) is 1.25. The van der Waals surface area contributed by atoms with Crippen molar-refractivity contribution in [3.8, 4) is 0 Å². The van der Waals surface area contributed by atoms with Crippen LogP contribution in [0.4, 0.5) is 5.69 Å². The van der Waals surface area contributed by atoms with Gasteiger partial charge in [0.15, 0.2) is 0 Å². The molecule has 0 aliphatic heterocycles. The van der Waals surface area contributed by atoms with Crippen LogP contribution in [0.1, 0.15) is 5.69 Å². The van der Waals surface area contributed by atoms with Crippen LogP contribution in [0.5, 0.6) is 0 Å². The first-order valence-electron chi connectivity index (χ1n) is 4.47. The summed E-state index contributed by atoms with van der Waals surface area (Å²) in [5, 5.41) is 0. The molecule has 0 atom stereocenters. The molecule has 0 saturated carbocycles. The zero-order chi connectivity index (χ0) is 10.7. The minimum absolute atomic E-state index is 0.324. The summed E-state index contributed by atoms with van der Waals surface area (Å²) in [6, 6.07) is 5.53. The summed E-state index contributed by atoms with van der Waals surface area (Å²) in [4.78, 5) is 19.1. The molecule has 0 aliphatic rings. The van der Waals surface area contributed by atoms with Crippen LogP contribution in [-0.2, 0) is 6.54 Å². The molecule has 0 spiro atoms. The van der Waals surface area contributed by atoms with Crippen molar-refractivity contribution in [3.63, 3.8) is 0 Å². The first kappa shape index (κ1) is 9.39. The summed E-state index contributed by atoms with van der Waals surface area (Å²) in [6.07, 6.45) is 4.58. The van der Waals surface area contributed by atoms with Crippen LogP contribution in [0.25, 0.3) is 0 Å². The number of nitrogen functional groups attached to an aromatic ring is 1. The quantitative estimate of drug-likeness (QED) is 0.758. The normalized spacial score (nSPS) is 10.1. The molecular formula is C10H10N4O. The number of aromatic nitrogens is 3. The minimum Gasteiger partial charge on any atom is -0.396 e. The van der Waals surface area contributed by atoms with Crippen molar-refractivity contribution >= 4 is 5.69 Å². The molecule has 5 heteroatoms. The van der Waals surface area contributed by atoms with Gasteiger partial charge in [-0.15, -0.1) is 0 Å². The molecule has 0 aromatic carbocycles. The summed E-state index contributed by atoms with van der Waals surface area (Å²) < 4.78 is 1.43. The van der Waals surface area contributed by atoms with Crippen LogP contribution >= 0.6 is 0 Å². The fourth-order valence-corrected chi connectivity index (χ4v) is 1.25. The maximum Gasteiger partial charge on any atom is 0.348 e. The molecule has 2 rings (SSSR count). The highest BCUT2D eigenvalue weighted by Gasteiger charge is 1.99. The van der Waals surface area contributed by atoms with E-state index in [0.29, 0.717) is 12.2 Å². The van der Waals surface area contributed by atoms with Gasteiger partial charge in [0, 0.05) is 12.4 Å². The van der Waals surface area contributed by atoms with Gasteiger partial charge in [-0.05, 0) is 12.1 Å². The second-order valence-electron chi connectivity index (χ2n) is 3.12. The summed E-state index contributed by atoms with van der Waals surface area (Å²) in [5.74, 6) is 0. The predicted molar refractivity (Wildman–Crippen MR) is 56.2 cm³/mol. The van der Waals surface area contributed by atoms with Crippen LogP contribution in [0.2, 0.25) is 0 Å². The van der Waals surface area contributed by atoms with Crippen molar-refractivity contribution in [1.29, 1.82) is 0 Å². The summed E-state index contributed by atoms with van der Waals surface area (Å²) in [6.45, 7) is 0.387. The van der Waals surface area contributed by atoms with E-state index < -0.39 is 0 Å². The summed E-state index contributed by atoms with van der Waals surface area (Å²) in [7, 11) is 0. The van der Waals surface area contributed by atoms with Gasteiger partial charge in [0.2, 0.25) is 0 Å². The Hall–Kier alpha value is -2.17. The van der Waals surface area contributed by atoms with E-state index in [1.165, 1.54) is 10.8 Å². The molecule has 76 valence electrons. The van der Waals surface area contributed by atoms with E-state index in [9.17, 15) is 4.79 Å². The monoisotopic (exact) mass is 202 g/mol. The Morgan fingerprint density at radius 3 is 2.93 bits per heavy atom. The molecule has 2 aromatic rings. The van der Waals surface area contributed by atoms with Crippen LogP contribution < -0.4 is 11.4 Å². The van der Waals surface area contributed by atoms with Gasteiger partial charge in [-0.25, -0.2) is 4.79 Å². The molecule has 2 heterocycles. The molecule has 0 saturated heterocycles. The molecule has 0 radical (unpaired) electrons. The highest BCUT2D eigenvalue weighted by atomic mass is 16.1. The molecular weight excluding hydrogens is 192 g/mol. The maximum absolute atomic E-state index is 11.3. The maximum atomic E-state index is 11.3. The van der Waals surface area contributed by atoms with Gasteiger partial charge in [-0.1, -0.05) is 6.07 Å². The third-order valence-corrected chi connectivity index (χ3v) is 1.93. The summed E-state index contributed by atoms with van der Waals surface area (Å²) >= 11 is 0. The number of hydrogen-bond acceptors (Lipinski definition) is 4. The average molecular weight is 202 g/mol. The average Bonchev–Trinajstić information content (AvgIpc) is 2.25. The van der Waals surface area contributed by atoms with E-state index in [4.69, 9.17) is 5.73 Å². The standard InChI is InChI=1S/C10H10N4O/c11-8-5-13-10(15)14(6-8)7-9-3-1-2-4-12-9/h1-6H,7,11H2. The van der Waals surface area contributed by atoms with E-state index in [2.05, 4.69) is 9.97 Å². The smallest absolute Gasteiger partial charge is 0.348 e. The van der Waals surface area contributed by atoms with Crippen molar-refractivity contribution in [2.24, 2.45) is 0 Å². The van der Waals surface area contributed by atoms with Crippen molar-refractivity contribution in [2.45, 2.75) is 6.54 Å². The number of pyridine rings is 1. The van der Waals surface area contributed by atoms with E-state index in [0.717, 1.165) is 5.69 Å². The lowest BCUT2D eigenvalue weighted by molar-refractivity contribution is 0.713. The van der Waals surface area contributed by atoms with Crippen LogP contribution in [-0.4, -0.2) is 14.5 Å². The largest absolute Gasteiger partial charge is 0.396 e. The Bertz CT molecular complexity index is 506. The van der Waals surface area contributed by atoms with Gasteiger partial charge >= 0.3 is 5.69 Å². The van der Waals surface area contributed by atoms with Crippen molar-refractivity contribution in [2.75, 3.05) is 5.73 Å². The fraction of sp³-hybridized carbons (Fsp3) is 0.100. The third-order valence-electron chi connectivity index (χ3n) is 1.93. The Kier molecular flexibility index (Phi) is 2.45. The SMILES string of the molecule is Nc1cnc(=O)n(Cc2ccccn2)c1. The molecule has 0 unspecified atom stereocenters. The molecule has 2 N–H and O–H groups in total. The van der Waals surface area contributed by atoms with Gasteiger partial charge in [-0.3, -0.25) is 9.55 Å². The van der Waals surface area contributed by atoms with Gasteiger partial charge < -0.3 is 5.73 Å². The number of hydrogen-bond donors (Lipinski definition) is 1. The molecule has 0 amide bonds. The van der Waals surface area contributed by atoms with Crippen LogP contribution in [0, 0.1) is 0 Å². The first-order chi connectivity index (χ1) is 7.25. The molecule has 15 heavy (non-hydrogen) atoms. The third kappa shape index (κ3) is 2.19. The van der Waals surface area contributed by atoms with Gasteiger partial charge in [0.05, 0.1) is 24.1 Å². The highest BCUT2D eigenvalue weighted by Crippen LogP contribution is 1.98. The topological polar surface area (TPSA) is 73.8 Å². The lowest BCUT2D eigenvalue weighted by Crippen LogP contribution is -2.23. The van der Waals surface area contributed by atoms with E-state index in [-0.39, 0.29) is 5.69 Å². The predicted octanol–water partition coefficient (Wildman–Crippen LogP) is 0.269. The zero-order valence-electron chi connectivity index (χ0n) is 8.00. The minimum atomic E-state index is -0.324. The van der Waals surface area contributed by atoms with Crippen LogP contribution in [0.3, 0.4) is 0 Å². The number of nitrogens with two attached hydrogens (primary N) is 1. The van der Waals surface area contributed by atoms with E-state index in [1.54, 1.807) is 12.4 Å². The van der Waals surface area contributed by atoms with Gasteiger partial charge in [0.1, 0.15) is 0 Å². The number of nitrogens with zero attached hydrogens (tertiary/aromatic N) is 3. The molecule has 0 aliphatic carbocycles. The second kappa shape index (κ2) is 3.91. The zero-order valence-corrected chi connectivity index (χ0v) is 8.00. The van der Waals surface area contributed by atoms with Gasteiger partial charge in [0.25, 0.3) is 0 Å². The van der Waals surface area contributed by atoms with Crippen molar-refractivity contribution in [3.05, 3.63) is 53.0 Å². The highest BCUT2D eigenvalue weighted by molar-refractivity contribution is 5.30. The van der Waals surface area contributed by atoms with E-state index in [1.807, 2.05) is 18.2 Å². The first-order valence-corrected chi connectivity index (χ1v) is 4.47. The summed E-state index contributed by atoms with van der Waals surface area (Å²) in [5.41, 5.74) is 6.48. The molecule has 0 fully saturated rings. The number of anilines is 1. The van der Waals surface area contributed by atoms with E-state index >= 15 is 0 Å². The van der Waals surface area contributed by atoms with Gasteiger partial charge in [-0.2, -0.15) is 4.98 Å². The molecule has 5 nitrogen and oxygen atoms in total. The molecule has 0 bridgehead atoms.